The van der Waals surface area contributed by atoms with E-state index in [1.807, 2.05) is 31.2 Å². The molecule has 2 aromatic carbocycles. The number of hydrogen-bond acceptors (Lipinski definition) is 2. The third-order valence-electron chi connectivity index (χ3n) is 5.80. The SMILES string of the molecule is [C-]#[N+]c1ccc(N2C(=O)C3(CCCC3)N(c3ccc(C)cc3)C2=S)cc1C(F)(F)F. The van der Waals surface area contributed by atoms with Crippen LogP contribution in [0.3, 0.4) is 0 Å². The molecule has 2 aliphatic rings. The van der Waals surface area contributed by atoms with Gasteiger partial charge in [0.1, 0.15) is 5.54 Å². The Labute approximate surface area is 177 Å². The van der Waals surface area contributed by atoms with Gasteiger partial charge in [-0.15, -0.1) is 0 Å². The molecule has 0 N–H and O–H groups in total. The van der Waals surface area contributed by atoms with E-state index in [4.69, 9.17) is 18.8 Å². The summed E-state index contributed by atoms with van der Waals surface area (Å²) in [5.41, 5.74) is -0.627. The minimum atomic E-state index is -4.71. The van der Waals surface area contributed by atoms with Crippen LogP contribution in [0.2, 0.25) is 0 Å². The van der Waals surface area contributed by atoms with Crippen molar-refractivity contribution in [3.63, 3.8) is 0 Å². The predicted octanol–water partition coefficient (Wildman–Crippen LogP) is 6.02. The van der Waals surface area contributed by atoms with Crippen LogP contribution < -0.4 is 9.80 Å². The maximum absolute atomic E-state index is 13.6. The lowest BCUT2D eigenvalue weighted by Gasteiger charge is -2.32. The average molecular weight is 429 g/mol. The third kappa shape index (κ3) is 3.05. The summed E-state index contributed by atoms with van der Waals surface area (Å²) in [6.45, 7) is 8.98. The molecule has 2 aromatic rings. The summed E-state index contributed by atoms with van der Waals surface area (Å²) < 4.78 is 40.4. The molecule has 1 aliphatic heterocycles. The second-order valence-electron chi connectivity index (χ2n) is 7.64. The molecule has 0 atom stereocenters. The Kier molecular flexibility index (Phi) is 4.82. The van der Waals surface area contributed by atoms with Crippen molar-refractivity contribution < 1.29 is 18.0 Å². The highest BCUT2D eigenvalue weighted by Gasteiger charge is 2.57. The number of nitrogens with zero attached hydrogens (tertiary/aromatic N) is 3. The Hall–Kier alpha value is -2.92. The van der Waals surface area contributed by atoms with Crippen molar-refractivity contribution in [1.82, 2.24) is 0 Å². The maximum atomic E-state index is 13.6. The fourth-order valence-electron chi connectivity index (χ4n) is 4.34. The summed E-state index contributed by atoms with van der Waals surface area (Å²) in [6.07, 6.45) is -1.85. The van der Waals surface area contributed by atoms with Crippen LogP contribution in [0.15, 0.2) is 42.5 Å². The molecule has 30 heavy (non-hydrogen) atoms. The molecule has 8 heteroatoms. The highest BCUT2D eigenvalue weighted by Crippen LogP contribution is 2.47. The first-order valence-corrected chi connectivity index (χ1v) is 9.94. The fourth-order valence-corrected chi connectivity index (χ4v) is 4.81. The number of benzene rings is 2. The molecule has 0 aromatic heterocycles. The Bertz CT molecular complexity index is 1070. The molecule has 4 nitrogen and oxygen atoms in total. The monoisotopic (exact) mass is 429 g/mol. The van der Waals surface area contributed by atoms with E-state index >= 15 is 0 Å². The van der Waals surface area contributed by atoms with Crippen LogP contribution in [-0.4, -0.2) is 16.6 Å². The summed E-state index contributed by atoms with van der Waals surface area (Å²) >= 11 is 5.63. The third-order valence-corrected chi connectivity index (χ3v) is 6.16. The minimum Gasteiger partial charge on any atom is -0.303 e. The van der Waals surface area contributed by atoms with E-state index in [2.05, 4.69) is 4.85 Å². The topological polar surface area (TPSA) is 27.9 Å². The normalized spacial score (nSPS) is 18.4. The summed E-state index contributed by atoms with van der Waals surface area (Å²) in [6, 6.07) is 10.9. The number of halogens is 3. The molecule has 1 heterocycles. The molecule has 1 saturated heterocycles. The van der Waals surface area contributed by atoms with E-state index in [9.17, 15) is 18.0 Å². The molecule has 154 valence electrons. The summed E-state index contributed by atoms with van der Waals surface area (Å²) in [4.78, 5) is 19.5. The standard InChI is InChI=1S/C22H18F3N3OS/c1-14-5-7-15(8-6-14)28-20(30)27(19(29)21(28)11-3-4-12-21)16-9-10-18(26-2)17(13-16)22(23,24)25/h5-10,13H,3-4,11-12H2,1H3. The van der Waals surface area contributed by atoms with Gasteiger partial charge in [-0.25, -0.2) is 4.85 Å². The van der Waals surface area contributed by atoms with Gasteiger partial charge >= 0.3 is 6.18 Å². The molecular formula is C22H18F3N3OS. The zero-order chi connectivity index (χ0) is 21.7. The smallest absolute Gasteiger partial charge is 0.303 e. The van der Waals surface area contributed by atoms with E-state index in [-0.39, 0.29) is 16.7 Å². The van der Waals surface area contributed by atoms with Crippen LogP contribution >= 0.6 is 12.2 Å². The van der Waals surface area contributed by atoms with E-state index in [0.717, 1.165) is 36.2 Å². The number of rotatable bonds is 2. The summed E-state index contributed by atoms with van der Waals surface area (Å²) in [7, 11) is 0. The van der Waals surface area contributed by atoms with Gasteiger partial charge in [-0.1, -0.05) is 36.6 Å². The van der Waals surface area contributed by atoms with Crippen molar-refractivity contribution in [2.45, 2.75) is 44.3 Å². The number of anilines is 2. The quantitative estimate of drug-likeness (QED) is 0.432. The van der Waals surface area contributed by atoms with Crippen molar-refractivity contribution in [2.24, 2.45) is 0 Å². The van der Waals surface area contributed by atoms with Gasteiger partial charge in [0.2, 0.25) is 0 Å². The first-order chi connectivity index (χ1) is 14.2. The van der Waals surface area contributed by atoms with Gasteiger partial charge in [0.05, 0.1) is 12.1 Å². The van der Waals surface area contributed by atoms with Crippen LogP contribution in [0.5, 0.6) is 0 Å². The zero-order valence-electron chi connectivity index (χ0n) is 16.2. The first kappa shape index (κ1) is 20.4. The number of thiocarbonyl (C=S) groups is 1. The maximum Gasteiger partial charge on any atom is 0.407 e. The highest BCUT2D eigenvalue weighted by atomic mass is 32.1. The number of alkyl halides is 3. The lowest BCUT2D eigenvalue weighted by molar-refractivity contribution is -0.136. The van der Waals surface area contributed by atoms with Crippen LogP contribution in [0.25, 0.3) is 4.85 Å². The molecule has 1 spiro atoms. The van der Waals surface area contributed by atoms with Gasteiger partial charge in [-0.05, 0) is 56.2 Å². The van der Waals surface area contributed by atoms with E-state index in [0.29, 0.717) is 12.8 Å². The largest absolute Gasteiger partial charge is 0.407 e. The lowest BCUT2D eigenvalue weighted by Crippen LogP contribution is -2.47. The van der Waals surface area contributed by atoms with Crippen LogP contribution in [0, 0.1) is 13.5 Å². The van der Waals surface area contributed by atoms with Crippen molar-refractivity contribution in [1.29, 1.82) is 0 Å². The number of carbonyl (C=O) groups excluding carboxylic acids is 1. The highest BCUT2D eigenvalue weighted by molar-refractivity contribution is 7.81. The predicted molar refractivity (Wildman–Crippen MR) is 113 cm³/mol. The lowest BCUT2D eigenvalue weighted by atomic mass is 9.94. The Morgan fingerprint density at radius 3 is 2.23 bits per heavy atom. The molecule has 0 unspecified atom stereocenters. The van der Waals surface area contributed by atoms with Gasteiger partial charge < -0.3 is 4.90 Å². The number of aryl methyl sites for hydroxylation is 1. The number of hydrogen-bond donors (Lipinski definition) is 0. The molecule has 1 aliphatic carbocycles. The van der Waals surface area contributed by atoms with Crippen LogP contribution in [0.1, 0.15) is 36.8 Å². The molecule has 0 bridgehead atoms. The summed E-state index contributed by atoms with van der Waals surface area (Å²) in [5, 5.41) is 0.162. The molecular weight excluding hydrogens is 411 g/mol. The van der Waals surface area contributed by atoms with Gasteiger partial charge in [0.25, 0.3) is 5.91 Å². The first-order valence-electron chi connectivity index (χ1n) is 9.53. The van der Waals surface area contributed by atoms with Gasteiger partial charge in [-0.3, -0.25) is 9.69 Å². The van der Waals surface area contributed by atoms with Crippen molar-refractivity contribution >= 4 is 40.3 Å². The average Bonchev–Trinajstić information content (AvgIpc) is 3.26. The summed E-state index contributed by atoms with van der Waals surface area (Å²) in [5.74, 6) is -0.311. The molecule has 1 amide bonds. The van der Waals surface area contributed by atoms with Gasteiger partial charge in [0, 0.05) is 11.4 Å². The zero-order valence-corrected chi connectivity index (χ0v) is 17.0. The van der Waals surface area contributed by atoms with Crippen LogP contribution in [0.4, 0.5) is 30.2 Å². The Balaban J connectivity index is 1.84. The van der Waals surface area contributed by atoms with E-state index < -0.39 is 23.0 Å². The van der Waals surface area contributed by atoms with Gasteiger partial charge in [0.15, 0.2) is 10.8 Å². The van der Waals surface area contributed by atoms with E-state index in [1.165, 1.54) is 11.0 Å². The van der Waals surface area contributed by atoms with Crippen molar-refractivity contribution in [3.05, 3.63) is 65.0 Å². The second-order valence-corrected chi connectivity index (χ2v) is 8.01. The molecule has 4 rings (SSSR count). The van der Waals surface area contributed by atoms with Gasteiger partial charge in [-0.2, -0.15) is 13.2 Å². The number of amides is 1. The molecule has 2 fully saturated rings. The fraction of sp³-hybridized carbons (Fsp3) is 0.318. The van der Waals surface area contributed by atoms with Crippen LogP contribution in [-0.2, 0) is 11.0 Å². The van der Waals surface area contributed by atoms with E-state index in [1.54, 1.807) is 4.90 Å². The van der Waals surface area contributed by atoms with Crippen molar-refractivity contribution in [3.8, 4) is 0 Å². The van der Waals surface area contributed by atoms with Crippen molar-refractivity contribution in [2.75, 3.05) is 9.80 Å². The molecule has 1 saturated carbocycles. The number of carbonyl (C=O) groups is 1. The Morgan fingerprint density at radius 1 is 1.07 bits per heavy atom. The second kappa shape index (κ2) is 7.10. The molecule has 0 radical (unpaired) electrons. The Morgan fingerprint density at radius 2 is 1.67 bits per heavy atom. The minimum absolute atomic E-state index is 0.0330.